The molecule has 0 saturated heterocycles. The minimum atomic E-state index is -0.584. The van der Waals surface area contributed by atoms with Crippen molar-refractivity contribution in [1.82, 2.24) is 4.90 Å². The summed E-state index contributed by atoms with van der Waals surface area (Å²) in [5, 5.41) is 0. The number of carbonyl (C=O) groups excluding carboxylic acids is 1. The average molecular weight is 502 g/mol. The molecule has 0 aromatic heterocycles. The molecule has 0 aliphatic heterocycles. The number of benzene rings is 3. The van der Waals surface area contributed by atoms with Gasteiger partial charge in [-0.25, -0.2) is 4.79 Å². The van der Waals surface area contributed by atoms with Crippen molar-refractivity contribution < 1.29 is 19.0 Å². The van der Waals surface area contributed by atoms with Gasteiger partial charge in [0.2, 0.25) is 0 Å². The lowest BCUT2D eigenvalue weighted by atomic mass is 9.92. The summed E-state index contributed by atoms with van der Waals surface area (Å²) < 4.78 is 16.9. The molecule has 0 amide bonds. The van der Waals surface area contributed by atoms with Crippen molar-refractivity contribution in [3.63, 3.8) is 0 Å². The molecule has 3 aromatic rings. The van der Waals surface area contributed by atoms with Gasteiger partial charge in [-0.2, -0.15) is 0 Å². The summed E-state index contributed by atoms with van der Waals surface area (Å²) in [4.78, 5) is 14.6. The molecule has 3 aromatic carbocycles. The number of hydrogen-bond acceptors (Lipinski definition) is 5. The van der Waals surface area contributed by atoms with E-state index in [1.54, 1.807) is 6.92 Å². The summed E-state index contributed by atoms with van der Waals surface area (Å²) in [7, 11) is 2.19. The van der Waals surface area contributed by atoms with Crippen LogP contribution >= 0.6 is 0 Å². The second-order valence-electron chi connectivity index (χ2n) is 9.68. The van der Waals surface area contributed by atoms with Crippen LogP contribution in [0.4, 0.5) is 0 Å². The summed E-state index contributed by atoms with van der Waals surface area (Å²) in [6.07, 6.45) is 2.04. The topological polar surface area (TPSA) is 48.0 Å². The van der Waals surface area contributed by atoms with Crippen molar-refractivity contribution in [2.75, 3.05) is 33.4 Å². The Kier molecular flexibility index (Phi) is 9.37. The van der Waals surface area contributed by atoms with Gasteiger partial charge >= 0.3 is 5.97 Å². The summed E-state index contributed by atoms with van der Waals surface area (Å²) >= 11 is 0. The maximum absolute atomic E-state index is 12.2. The van der Waals surface area contributed by atoms with Crippen LogP contribution in [-0.4, -0.2) is 50.4 Å². The molecular weight excluding hydrogens is 462 g/mol. The summed E-state index contributed by atoms with van der Waals surface area (Å²) in [6, 6.07) is 23.8. The molecule has 37 heavy (non-hydrogen) atoms. The van der Waals surface area contributed by atoms with E-state index in [1.165, 1.54) is 27.8 Å². The monoisotopic (exact) mass is 501 g/mol. The highest BCUT2D eigenvalue weighted by atomic mass is 16.6. The highest BCUT2D eigenvalue weighted by molar-refractivity contribution is 5.75. The Bertz CT molecular complexity index is 1170. The number of esters is 1. The van der Waals surface area contributed by atoms with E-state index in [0.717, 1.165) is 30.7 Å². The zero-order chi connectivity index (χ0) is 26.2. The van der Waals surface area contributed by atoms with Gasteiger partial charge in [-0.15, -0.1) is 0 Å². The highest BCUT2D eigenvalue weighted by Crippen LogP contribution is 2.36. The molecule has 2 atom stereocenters. The predicted octanol–water partition coefficient (Wildman–Crippen LogP) is 5.70. The average Bonchev–Trinajstić information content (AvgIpc) is 3.06. The Morgan fingerprint density at radius 3 is 2.41 bits per heavy atom. The largest absolute Gasteiger partial charge is 0.492 e. The maximum Gasteiger partial charge on any atom is 0.335 e. The van der Waals surface area contributed by atoms with Crippen LogP contribution in [0, 0.1) is 6.92 Å². The molecule has 0 radical (unpaired) electrons. The molecule has 0 N–H and O–H groups in total. The van der Waals surface area contributed by atoms with E-state index in [9.17, 15) is 4.79 Å². The summed E-state index contributed by atoms with van der Waals surface area (Å²) in [5.41, 5.74) is 7.97. The van der Waals surface area contributed by atoms with Crippen LogP contribution < -0.4 is 4.74 Å². The fourth-order valence-electron chi connectivity index (χ4n) is 5.16. The van der Waals surface area contributed by atoms with Gasteiger partial charge in [0.1, 0.15) is 12.4 Å². The van der Waals surface area contributed by atoms with Gasteiger partial charge in [-0.05, 0) is 80.6 Å². The van der Waals surface area contributed by atoms with Crippen LogP contribution in [0.1, 0.15) is 53.3 Å². The molecule has 196 valence electrons. The zero-order valence-corrected chi connectivity index (χ0v) is 22.5. The van der Waals surface area contributed by atoms with Gasteiger partial charge in [0.25, 0.3) is 0 Å². The first-order valence-corrected chi connectivity index (χ1v) is 13.4. The molecule has 0 saturated carbocycles. The lowest BCUT2D eigenvalue weighted by Gasteiger charge is -2.30. The smallest absolute Gasteiger partial charge is 0.335 e. The third-order valence-electron chi connectivity index (χ3n) is 7.02. The van der Waals surface area contributed by atoms with Gasteiger partial charge in [0.05, 0.1) is 12.6 Å². The van der Waals surface area contributed by atoms with Crippen LogP contribution in [0.15, 0.2) is 66.7 Å². The number of nitrogens with zero attached hydrogens (tertiary/aromatic N) is 1. The lowest BCUT2D eigenvalue weighted by molar-refractivity contribution is -0.156. The van der Waals surface area contributed by atoms with E-state index in [4.69, 9.17) is 14.2 Å². The zero-order valence-electron chi connectivity index (χ0n) is 22.5. The SMILES string of the molecule is CCOC(=O)C(Cc1ccc(OCCN(C)C2c3ccccc3CCc3ccc(C)cc32)cc1)OCC. The molecule has 4 rings (SSSR count). The Balaban J connectivity index is 1.40. The van der Waals surface area contributed by atoms with E-state index in [1.807, 2.05) is 31.2 Å². The second-order valence-corrected chi connectivity index (χ2v) is 9.68. The van der Waals surface area contributed by atoms with E-state index in [-0.39, 0.29) is 12.0 Å². The third-order valence-corrected chi connectivity index (χ3v) is 7.02. The second kappa shape index (κ2) is 12.9. The fourth-order valence-corrected chi connectivity index (χ4v) is 5.16. The Hall–Kier alpha value is -3.15. The highest BCUT2D eigenvalue weighted by Gasteiger charge is 2.27. The molecular formula is C32H39NO4. The van der Waals surface area contributed by atoms with Crippen LogP contribution in [0.25, 0.3) is 0 Å². The number of ether oxygens (including phenoxy) is 3. The summed E-state index contributed by atoms with van der Waals surface area (Å²) in [6.45, 7) is 8.05. The molecule has 2 unspecified atom stereocenters. The molecule has 0 heterocycles. The molecule has 0 fully saturated rings. The van der Waals surface area contributed by atoms with Crippen LogP contribution in [0.2, 0.25) is 0 Å². The maximum atomic E-state index is 12.2. The quantitative estimate of drug-likeness (QED) is 0.315. The van der Waals surface area contributed by atoms with E-state index in [2.05, 4.69) is 61.3 Å². The molecule has 5 nitrogen and oxygen atoms in total. The molecule has 1 aliphatic rings. The minimum absolute atomic E-state index is 0.206. The van der Waals surface area contributed by atoms with Gasteiger partial charge < -0.3 is 14.2 Å². The fraction of sp³-hybridized carbons (Fsp3) is 0.406. The summed E-state index contributed by atoms with van der Waals surface area (Å²) in [5.74, 6) is 0.503. The first kappa shape index (κ1) is 26.9. The van der Waals surface area contributed by atoms with Gasteiger partial charge in [0.15, 0.2) is 6.10 Å². The van der Waals surface area contributed by atoms with E-state index < -0.39 is 6.10 Å². The third kappa shape index (κ3) is 6.79. The van der Waals surface area contributed by atoms with Crippen molar-refractivity contribution in [2.24, 2.45) is 0 Å². The molecule has 0 bridgehead atoms. The molecule has 5 heteroatoms. The number of rotatable bonds is 11. The predicted molar refractivity (Wildman–Crippen MR) is 147 cm³/mol. The number of fused-ring (bicyclic) bond motifs is 2. The van der Waals surface area contributed by atoms with Crippen LogP contribution in [0.5, 0.6) is 5.75 Å². The van der Waals surface area contributed by atoms with E-state index in [0.29, 0.717) is 26.2 Å². The normalized spacial score (nSPS) is 15.4. The van der Waals surface area contributed by atoms with Gasteiger partial charge in [0, 0.05) is 19.6 Å². The number of aryl methyl sites for hydroxylation is 3. The van der Waals surface area contributed by atoms with Crippen LogP contribution in [-0.2, 0) is 33.5 Å². The van der Waals surface area contributed by atoms with Gasteiger partial charge in [-0.1, -0.05) is 60.2 Å². The number of likely N-dealkylation sites (N-methyl/N-ethyl adjacent to an activating group) is 1. The lowest BCUT2D eigenvalue weighted by Crippen LogP contribution is -2.30. The first-order valence-electron chi connectivity index (χ1n) is 13.4. The number of hydrogen-bond donors (Lipinski definition) is 0. The van der Waals surface area contributed by atoms with Crippen LogP contribution in [0.3, 0.4) is 0 Å². The van der Waals surface area contributed by atoms with Crippen molar-refractivity contribution in [1.29, 1.82) is 0 Å². The number of carbonyl (C=O) groups is 1. The standard InChI is InChI=1S/C32H39NO4/c1-5-35-30(32(34)36-6-2)22-24-12-17-27(18-13-24)37-20-19-33(4)31-28-10-8-7-9-25(28)15-16-26-14-11-23(3)21-29(26)31/h7-14,17-18,21,30-31H,5-6,15-16,19-20,22H2,1-4H3. The molecule has 1 aliphatic carbocycles. The molecule has 0 spiro atoms. The van der Waals surface area contributed by atoms with Crippen molar-refractivity contribution in [3.8, 4) is 5.75 Å². The minimum Gasteiger partial charge on any atom is -0.492 e. The van der Waals surface area contributed by atoms with Crippen molar-refractivity contribution in [3.05, 3.63) is 100 Å². The van der Waals surface area contributed by atoms with Crippen molar-refractivity contribution in [2.45, 2.75) is 52.2 Å². The van der Waals surface area contributed by atoms with Gasteiger partial charge in [-0.3, -0.25) is 4.90 Å². The Morgan fingerprint density at radius 1 is 0.946 bits per heavy atom. The Labute approximate surface area is 221 Å². The first-order chi connectivity index (χ1) is 18.0. The van der Waals surface area contributed by atoms with Crippen molar-refractivity contribution >= 4 is 5.97 Å². The Morgan fingerprint density at radius 2 is 1.68 bits per heavy atom. The van der Waals surface area contributed by atoms with E-state index >= 15 is 0 Å².